The highest BCUT2D eigenvalue weighted by atomic mass is 31.2. The summed E-state index contributed by atoms with van der Waals surface area (Å²) in [5.74, 6) is -1.76. The summed E-state index contributed by atoms with van der Waals surface area (Å²) >= 11 is 0. The summed E-state index contributed by atoms with van der Waals surface area (Å²) < 4.78 is 33.6. The Labute approximate surface area is 427 Å². The van der Waals surface area contributed by atoms with Gasteiger partial charge in [-0.05, 0) is 12.8 Å². The number of hydrogen-bond donors (Lipinski definition) is 3. The first-order chi connectivity index (χ1) is 33.7. The molecule has 0 amide bonds. The number of phosphoric acid groups is 1. The molecule has 0 fully saturated rings. The van der Waals surface area contributed by atoms with Gasteiger partial charge in [0.2, 0.25) is 0 Å². The van der Waals surface area contributed by atoms with Crippen LogP contribution in [-0.4, -0.2) is 60.5 Å². The zero-order valence-corrected chi connectivity index (χ0v) is 46.6. The third-order valence-electron chi connectivity index (χ3n) is 13.9. The highest BCUT2D eigenvalue weighted by molar-refractivity contribution is 7.47. The van der Waals surface area contributed by atoms with E-state index in [2.05, 4.69) is 13.8 Å². The lowest BCUT2D eigenvalue weighted by Gasteiger charge is -2.20. The highest BCUT2D eigenvalue weighted by Crippen LogP contribution is 2.43. The third-order valence-corrected chi connectivity index (χ3v) is 14.8. The van der Waals surface area contributed by atoms with Crippen LogP contribution in [0.25, 0.3) is 0 Å². The van der Waals surface area contributed by atoms with Crippen molar-refractivity contribution in [2.24, 2.45) is 5.73 Å². The van der Waals surface area contributed by atoms with Gasteiger partial charge in [-0.2, -0.15) is 0 Å². The summed E-state index contributed by atoms with van der Waals surface area (Å²) in [7, 11) is -4.62. The van der Waals surface area contributed by atoms with Gasteiger partial charge >= 0.3 is 19.8 Å². The first-order valence-corrected chi connectivity index (χ1v) is 31.6. The number of carbonyl (C=O) groups is 2. The second-order valence-electron chi connectivity index (χ2n) is 20.9. The van der Waals surface area contributed by atoms with E-state index in [0.717, 1.165) is 38.5 Å². The number of carboxylic acids is 1. The van der Waals surface area contributed by atoms with Gasteiger partial charge in [-0.25, -0.2) is 4.57 Å². The van der Waals surface area contributed by atoms with Gasteiger partial charge in [0.25, 0.3) is 0 Å². The number of unbranched alkanes of at least 4 members (excludes halogenated alkanes) is 45. The Bertz CT molecular complexity index is 1110. The topological polar surface area (TPSA) is 155 Å². The third kappa shape index (κ3) is 54.6. The number of rotatable bonds is 59. The van der Waals surface area contributed by atoms with Gasteiger partial charge in [0.1, 0.15) is 12.1 Å². The minimum atomic E-state index is -4.62. The number of aliphatic carboxylic acids is 1. The van der Waals surface area contributed by atoms with Crippen LogP contribution in [-0.2, 0) is 32.7 Å². The number of esters is 1. The number of hydrogen-bond acceptors (Lipinski definition) is 8. The molecule has 11 heteroatoms. The van der Waals surface area contributed by atoms with Gasteiger partial charge < -0.3 is 25.2 Å². The molecule has 0 saturated carbocycles. The Morgan fingerprint density at radius 1 is 0.406 bits per heavy atom. The standard InChI is InChI=1S/C58H116NO9P/c1-3-5-7-9-11-13-15-17-19-21-23-24-25-26-27-28-29-30-31-32-33-34-36-38-40-42-44-46-48-50-57(60)68-55(53-66-69(63,64)67-54-56(59)58(61)62)52-65-51-49-47-45-43-41-39-37-35-22-20-18-16-14-12-10-8-6-4-2/h55-56H,3-54,59H2,1-2H3,(H,61,62)(H,63,64)/t55-,56+/m1/s1. The Kier molecular flexibility index (Phi) is 53.9. The second kappa shape index (κ2) is 54.7. The molecule has 412 valence electrons. The second-order valence-corrected chi connectivity index (χ2v) is 22.3. The maximum atomic E-state index is 12.8. The van der Waals surface area contributed by atoms with E-state index in [0.29, 0.717) is 6.61 Å². The van der Waals surface area contributed by atoms with Gasteiger partial charge in [0, 0.05) is 13.0 Å². The summed E-state index contributed by atoms with van der Waals surface area (Å²) in [6.07, 6.45) is 61.9. The number of phosphoric ester groups is 1. The highest BCUT2D eigenvalue weighted by Gasteiger charge is 2.27. The van der Waals surface area contributed by atoms with E-state index in [1.807, 2.05) is 0 Å². The maximum absolute atomic E-state index is 12.8. The molecule has 0 aromatic rings. The number of nitrogens with two attached hydrogens (primary N) is 1. The van der Waals surface area contributed by atoms with E-state index in [4.69, 9.17) is 29.4 Å². The minimum absolute atomic E-state index is 0.0267. The van der Waals surface area contributed by atoms with Crippen molar-refractivity contribution in [3.05, 3.63) is 0 Å². The predicted octanol–water partition coefficient (Wildman–Crippen LogP) is 18.2. The molecule has 0 spiro atoms. The van der Waals surface area contributed by atoms with Crippen LogP contribution in [0.3, 0.4) is 0 Å². The molecule has 0 aliphatic heterocycles. The van der Waals surface area contributed by atoms with Crippen molar-refractivity contribution in [2.45, 2.75) is 334 Å². The molecule has 0 aliphatic carbocycles. The Morgan fingerprint density at radius 2 is 0.667 bits per heavy atom. The van der Waals surface area contributed by atoms with Crippen molar-refractivity contribution < 1.29 is 42.7 Å². The molecular weight excluding hydrogens is 886 g/mol. The smallest absolute Gasteiger partial charge is 0.472 e. The van der Waals surface area contributed by atoms with Gasteiger partial charge in [0.15, 0.2) is 0 Å². The molecule has 0 heterocycles. The van der Waals surface area contributed by atoms with Crippen LogP contribution in [0.5, 0.6) is 0 Å². The fraction of sp³-hybridized carbons (Fsp3) is 0.966. The van der Waals surface area contributed by atoms with Crippen molar-refractivity contribution in [3.63, 3.8) is 0 Å². The molecule has 0 aliphatic rings. The first kappa shape index (κ1) is 68.0. The molecule has 1 unspecified atom stereocenters. The lowest BCUT2D eigenvalue weighted by molar-refractivity contribution is -0.154. The number of carbonyl (C=O) groups excluding carboxylic acids is 1. The summed E-state index contributed by atoms with van der Waals surface area (Å²) in [4.78, 5) is 33.8. The largest absolute Gasteiger partial charge is 0.480 e. The van der Waals surface area contributed by atoms with E-state index in [1.165, 1.54) is 263 Å². The summed E-state index contributed by atoms with van der Waals surface area (Å²) in [6, 6.07) is -1.47. The molecule has 10 nitrogen and oxygen atoms in total. The maximum Gasteiger partial charge on any atom is 0.472 e. The minimum Gasteiger partial charge on any atom is -0.480 e. The fourth-order valence-electron chi connectivity index (χ4n) is 9.26. The number of carboxylic acid groups (broad SMARTS) is 1. The normalized spacial score (nSPS) is 13.4. The first-order valence-electron chi connectivity index (χ1n) is 30.1. The zero-order valence-electron chi connectivity index (χ0n) is 45.7. The Morgan fingerprint density at radius 3 is 0.957 bits per heavy atom. The van der Waals surface area contributed by atoms with Gasteiger partial charge in [-0.15, -0.1) is 0 Å². The van der Waals surface area contributed by atoms with Crippen molar-refractivity contribution >= 4 is 19.8 Å². The van der Waals surface area contributed by atoms with E-state index in [9.17, 15) is 19.0 Å². The van der Waals surface area contributed by atoms with Crippen molar-refractivity contribution in [1.29, 1.82) is 0 Å². The van der Waals surface area contributed by atoms with Crippen LogP contribution in [0.1, 0.15) is 322 Å². The summed E-state index contributed by atoms with van der Waals surface area (Å²) in [5, 5.41) is 8.95. The predicted molar refractivity (Wildman–Crippen MR) is 291 cm³/mol. The fourth-order valence-corrected chi connectivity index (χ4v) is 10.0. The van der Waals surface area contributed by atoms with Crippen LogP contribution in [0, 0.1) is 0 Å². The van der Waals surface area contributed by atoms with Crippen molar-refractivity contribution in [1.82, 2.24) is 0 Å². The van der Waals surface area contributed by atoms with E-state index in [-0.39, 0.29) is 13.0 Å². The molecule has 0 rings (SSSR count). The summed E-state index contributed by atoms with van der Waals surface area (Å²) in [6.45, 7) is 3.98. The average Bonchev–Trinajstić information content (AvgIpc) is 3.33. The van der Waals surface area contributed by atoms with Crippen LogP contribution in [0.15, 0.2) is 0 Å². The van der Waals surface area contributed by atoms with Crippen LogP contribution < -0.4 is 5.73 Å². The summed E-state index contributed by atoms with van der Waals surface area (Å²) in [5.41, 5.74) is 5.39. The molecule has 0 saturated heterocycles. The van der Waals surface area contributed by atoms with Gasteiger partial charge in [0.05, 0.1) is 19.8 Å². The van der Waals surface area contributed by atoms with E-state index in [1.54, 1.807) is 0 Å². The average molecular weight is 1000 g/mol. The monoisotopic (exact) mass is 1000 g/mol. The van der Waals surface area contributed by atoms with E-state index >= 15 is 0 Å². The molecule has 3 atom stereocenters. The molecular formula is C58H116NO9P. The Hall–Kier alpha value is -1.03. The quantitative estimate of drug-likeness (QED) is 0.0305. The SMILES string of the molecule is CCCCCCCCCCCCCCCCCCCCCCCCCCCCCCCC(=O)O[C@H](COCCCCCCCCCCCCCCCCCCCC)COP(=O)(O)OC[C@H](N)C(=O)O. The van der Waals surface area contributed by atoms with Gasteiger partial charge in [-0.1, -0.05) is 303 Å². The molecule has 69 heavy (non-hydrogen) atoms. The molecule has 0 aromatic carbocycles. The zero-order chi connectivity index (χ0) is 50.4. The molecule has 4 N–H and O–H groups in total. The van der Waals surface area contributed by atoms with Crippen LogP contribution >= 0.6 is 7.82 Å². The molecule has 0 aromatic heterocycles. The van der Waals surface area contributed by atoms with Crippen molar-refractivity contribution in [2.75, 3.05) is 26.4 Å². The lowest BCUT2D eigenvalue weighted by Crippen LogP contribution is -2.34. The molecule has 0 radical (unpaired) electrons. The van der Waals surface area contributed by atoms with Crippen LogP contribution in [0.2, 0.25) is 0 Å². The Balaban J connectivity index is 3.93. The van der Waals surface area contributed by atoms with Crippen LogP contribution in [0.4, 0.5) is 0 Å². The lowest BCUT2D eigenvalue weighted by atomic mass is 10.0. The van der Waals surface area contributed by atoms with Crippen molar-refractivity contribution in [3.8, 4) is 0 Å². The van der Waals surface area contributed by atoms with Gasteiger partial charge in [-0.3, -0.25) is 18.6 Å². The number of ether oxygens (including phenoxy) is 2. The van der Waals surface area contributed by atoms with E-state index < -0.39 is 45.1 Å². The molecule has 0 bridgehead atoms.